The molecule has 0 spiro atoms. The fourth-order valence-electron chi connectivity index (χ4n) is 7.79. The van der Waals surface area contributed by atoms with Crippen LogP contribution in [0, 0.1) is 0 Å². The Labute approximate surface area is 331 Å². The predicted molar refractivity (Wildman–Crippen MR) is 238 cm³/mol. The van der Waals surface area contributed by atoms with Gasteiger partial charge in [-0.3, -0.25) is 0 Å². The van der Waals surface area contributed by atoms with Gasteiger partial charge in [0.25, 0.3) is 0 Å². The maximum absolute atomic E-state index is 5.08. The zero-order valence-corrected chi connectivity index (χ0v) is 31.7. The van der Waals surface area contributed by atoms with E-state index in [9.17, 15) is 0 Å². The molecule has 0 saturated heterocycles. The molecule has 8 aromatic carbocycles. The van der Waals surface area contributed by atoms with Crippen molar-refractivity contribution in [3.8, 4) is 67.5 Å². The monoisotopic (exact) mass is 749 g/mol. The standard InChI is InChI=1S/C51H31N3S2/c1-4-14-32(15-5-1)35-20-12-21-37(28-35)43-29-38(30-44-39-22-10-11-25-45(39)55-48(43)44)36-26-27-40-41-23-13-24-42(47(41)56-46(40)31-36)51-53-49(33-16-6-2-7-17-33)52-50(54-51)34-18-8-3-9-19-34/h1-31H. The van der Waals surface area contributed by atoms with Crippen LogP contribution in [0.2, 0.25) is 0 Å². The summed E-state index contributed by atoms with van der Waals surface area (Å²) in [5.74, 6) is 2.00. The van der Waals surface area contributed by atoms with Gasteiger partial charge in [-0.25, -0.2) is 15.0 Å². The van der Waals surface area contributed by atoms with Gasteiger partial charge in [-0.15, -0.1) is 22.7 Å². The second kappa shape index (κ2) is 13.5. The molecule has 0 bridgehead atoms. The molecule has 0 amide bonds. The molecule has 262 valence electrons. The number of fused-ring (bicyclic) bond motifs is 6. The van der Waals surface area contributed by atoms with E-state index in [0.29, 0.717) is 17.5 Å². The zero-order chi connectivity index (χ0) is 37.0. The number of nitrogens with zero attached hydrogens (tertiary/aromatic N) is 3. The van der Waals surface area contributed by atoms with Gasteiger partial charge in [0, 0.05) is 62.6 Å². The molecule has 5 heteroatoms. The lowest BCUT2D eigenvalue weighted by Crippen LogP contribution is -2.00. The topological polar surface area (TPSA) is 38.7 Å². The lowest BCUT2D eigenvalue weighted by atomic mass is 9.94. The minimum absolute atomic E-state index is 0.663. The summed E-state index contributed by atoms with van der Waals surface area (Å²) in [6, 6.07) is 66.9. The molecule has 0 radical (unpaired) electrons. The van der Waals surface area contributed by atoms with E-state index < -0.39 is 0 Å². The maximum Gasteiger partial charge on any atom is 0.165 e. The molecule has 0 aliphatic rings. The Hall–Kier alpha value is -6.79. The average molecular weight is 750 g/mol. The Morgan fingerprint density at radius 2 is 0.804 bits per heavy atom. The minimum Gasteiger partial charge on any atom is -0.208 e. The number of hydrogen-bond donors (Lipinski definition) is 0. The van der Waals surface area contributed by atoms with E-state index in [4.69, 9.17) is 15.0 Å². The van der Waals surface area contributed by atoms with Crippen molar-refractivity contribution in [3.05, 3.63) is 188 Å². The first kappa shape index (κ1) is 32.6. The molecular formula is C51H31N3S2. The highest BCUT2D eigenvalue weighted by molar-refractivity contribution is 7.26. The number of benzene rings is 8. The molecule has 0 unspecified atom stereocenters. The number of hydrogen-bond acceptors (Lipinski definition) is 5. The van der Waals surface area contributed by atoms with E-state index in [1.54, 1.807) is 11.3 Å². The van der Waals surface area contributed by atoms with Gasteiger partial charge in [0.15, 0.2) is 17.5 Å². The summed E-state index contributed by atoms with van der Waals surface area (Å²) in [4.78, 5) is 15.1. The first-order chi connectivity index (χ1) is 27.7. The van der Waals surface area contributed by atoms with E-state index in [1.807, 2.05) is 47.7 Å². The van der Waals surface area contributed by atoms with Gasteiger partial charge in [0.1, 0.15) is 0 Å². The van der Waals surface area contributed by atoms with Crippen molar-refractivity contribution in [1.29, 1.82) is 0 Å². The van der Waals surface area contributed by atoms with E-state index in [2.05, 4.69) is 152 Å². The van der Waals surface area contributed by atoms with Crippen LogP contribution in [-0.4, -0.2) is 15.0 Å². The van der Waals surface area contributed by atoms with Crippen LogP contribution in [0.1, 0.15) is 0 Å². The van der Waals surface area contributed by atoms with Crippen molar-refractivity contribution in [2.45, 2.75) is 0 Å². The summed E-state index contributed by atoms with van der Waals surface area (Å²) >= 11 is 3.68. The van der Waals surface area contributed by atoms with E-state index in [0.717, 1.165) is 16.7 Å². The van der Waals surface area contributed by atoms with Gasteiger partial charge < -0.3 is 0 Å². The molecule has 0 aliphatic heterocycles. The van der Waals surface area contributed by atoms with Gasteiger partial charge in [0.05, 0.1) is 0 Å². The van der Waals surface area contributed by atoms with Crippen LogP contribution in [-0.2, 0) is 0 Å². The highest BCUT2D eigenvalue weighted by Crippen LogP contribution is 2.45. The molecule has 0 atom stereocenters. The fraction of sp³-hybridized carbons (Fsp3) is 0. The SMILES string of the molecule is c1ccc(-c2cccc(-c3cc(-c4ccc5c(c4)sc4c(-c6nc(-c7ccccc7)nc(-c7ccccc7)n6)cccc45)cc4c3sc3ccccc34)c2)cc1. The summed E-state index contributed by atoms with van der Waals surface area (Å²) < 4.78 is 5.02. The molecule has 0 fully saturated rings. The predicted octanol–water partition coefficient (Wildman–Crippen LogP) is 14.6. The Kier molecular flexibility index (Phi) is 7.87. The summed E-state index contributed by atoms with van der Waals surface area (Å²) in [6.07, 6.45) is 0. The molecule has 3 nitrogen and oxygen atoms in total. The van der Waals surface area contributed by atoms with Crippen molar-refractivity contribution < 1.29 is 0 Å². The quantitative estimate of drug-likeness (QED) is 0.170. The van der Waals surface area contributed by atoms with Crippen LogP contribution < -0.4 is 0 Å². The van der Waals surface area contributed by atoms with Crippen LogP contribution in [0.15, 0.2) is 188 Å². The maximum atomic E-state index is 5.08. The van der Waals surface area contributed by atoms with Gasteiger partial charge in [-0.2, -0.15) is 0 Å². The molecule has 11 aromatic rings. The van der Waals surface area contributed by atoms with E-state index in [-0.39, 0.29) is 0 Å². The van der Waals surface area contributed by atoms with Crippen molar-refractivity contribution in [2.24, 2.45) is 0 Å². The normalized spacial score (nSPS) is 11.6. The van der Waals surface area contributed by atoms with Gasteiger partial charge in [-0.05, 0) is 64.2 Å². The Balaban J connectivity index is 1.08. The number of aromatic nitrogens is 3. The van der Waals surface area contributed by atoms with Gasteiger partial charge in [-0.1, -0.05) is 152 Å². The second-order valence-electron chi connectivity index (χ2n) is 14.0. The van der Waals surface area contributed by atoms with Crippen molar-refractivity contribution in [1.82, 2.24) is 15.0 Å². The number of rotatable bonds is 6. The molecule has 0 saturated carbocycles. The molecule has 0 N–H and O–H groups in total. The average Bonchev–Trinajstić information content (AvgIpc) is 3.85. The molecule has 0 aliphatic carbocycles. The van der Waals surface area contributed by atoms with E-state index in [1.165, 1.54) is 73.7 Å². The minimum atomic E-state index is 0.663. The Morgan fingerprint density at radius 1 is 0.268 bits per heavy atom. The van der Waals surface area contributed by atoms with E-state index >= 15 is 0 Å². The zero-order valence-electron chi connectivity index (χ0n) is 30.1. The third kappa shape index (κ3) is 5.68. The van der Waals surface area contributed by atoms with Crippen LogP contribution in [0.5, 0.6) is 0 Å². The molecule has 3 heterocycles. The highest BCUT2D eigenvalue weighted by Gasteiger charge is 2.18. The third-order valence-electron chi connectivity index (χ3n) is 10.5. The molecule has 3 aromatic heterocycles. The van der Waals surface area contributed by atoms with Crippen LogP contribution in [0.4, 0.5) is 0 Å². The van der Waals surface area contributed by atoms with Crippen molar-refractivity contribution in [3.63, 3.8) is 0 Å². The molecular weight excluding hydrogens is 719 g/mol. The largest absolute Gasteiger partial charge is 0.208 e. The number of thiophene rings is 2. The van der Waals surface area contributed by atoms with Crippen LogP contribution in [0.25, 0.3) is 108 Å². The second-order valence-corrected chi connectivity index (χ2v) is 16.1. The summed E-state index contributed by atoms with van der Waals surface area (Å²) in [6.45, 7) is 0. The summed E-state index contributed by atoms with van der Waals surface area (Å²) in [5, 5.41) is 5.02. The van der Waals surface area contributed by atoms with Crippen LogP contribution >= 0.6 is 22.7 Å². The van der Waals surface area contributed by atoms with Crippen LogP contribution in [0.3, 0.4) is 0 Å². The Morgan fingerprint density at radius 3 is 1.55 bits per heavy atom. The van der Waals surface area contributed by atoms with Gasteiger partial charge >= 0.3 is 0 Å². The fourth-order valence-corrected chi connectivity index (χ4v) is 10.3. The van der Waals surface area contributed by atoms with Gasteiger partial charge in [0.2, 0.25) is 0 Å². The van der Waals surface area contributed by atoms with Crippen molar-refractivity contribution in [2.75, 3.05) is 0 Å². The third-order valence-corrected chi connectivity index (χ3v) is 13.0. The Bertz CT molecular complexity index is 3180. The smallest absolute Gasteiger partial charge is 0.165 e. The molecule has 56 heavy (non-hydrogen) atoms. The summed E-state index contributed by atoms with van der Waals surface area (Å²) in [7, 11) is 0. The first-order valence-electron chi connectivity index (χ1n) is 18.7. The lowest BCUT2D eigenvalue weighted by Gasteiger charge is -2.11. The lowest BCUT2D eigenvalue weighted by molar-refractivity contribution is 1.08. The first-order valence-corrected chi connectivity index (χ1v) is 20.3. The summed E-state index contributed by atoms with van der Waals surface area (Å²) in [5.41, 5.74) is 10.2. The highest BCUT2D eigenvalue weighted by atomic mass is 32.1. The van der Waals surface area contributed by atoms with Crippen molar-refractivity contribution >= 4 is 63.0 Å². The molecule has 11 rings (SSSR count).